The van der Waals surface area contributed by atoms with Gasteiger partial charge in [-0.25, -0.2) is 9.78 Å². The molecule has 38 heavy (non-hydrogen) atoms. The highest BCUT2D eigenvalue weighted by Crippen LogP contribution is 2.47. The van der Waals surface area contributed by atoms with Crippen LogP contribution in [0.2, 0.25) is 0 Å². The van der Waals surface area contributed by atoms with Crippen molar-refractivity contribution in [3.63, 3.8) is 0 Å². The minimum absolute atomic E-state index is 0.130. The molecule has 7 nitrogen and oxygen atoms in total. The van der Waals surface area contributed by atoms with Crippen LogP contribution in [-0.2, 0) is 20.3 Å². The minimum Gasteiger partial charge on any atom is -0.487 e. The van der Waals surface area contributed by atoms with Gasteiger partial charge in [0.2, 0.25) is 0 Å². The number of amides is 1. The van der Waals surface area contributed by atoms with Crippen molar-refractivity contribution in [1.29, 1.82) is 0 Å². The summed E-state index contributed by atoms with van der Waals surface area (Å²) in [5.41, 5.74) is 4.70. The molecule has 1 fully saturated rings. The molecule has 0 saturated carbocycles. The fourth-order valence-electron chi connectivity index (χ4n) is 5.35. The number of carbonyl (C=O) groups excluding carboxylic acids is 1. The Morgan fingerprint density at radius 2 is 1.58 bits per heavy atom. The Bertz CT molecular complexity index is 1140. The highest BCUT2D eigenvalue weighted by Gasteiger charge is 2.37. The number of carbonyl (C=O) groups is 1. The van der Waals surface area contributed by atoms with Crippen molar-refractivity contribution in [2.75, 3.05) is 51.4 Å². The number of methoxy groups -OCH3 is 1. The first kappa shape index (κ1) is 28.2. The van der Waals surface area contributed by atoms with E-state index in [2.05, 4.69) is 50.8 Å². The lowest BCUT2D eigenvalue weighted by Gasteiger charge is -2.42. The van der Waals surface area contributed by atoms with Gasteiger partial charge >= 0.3 is 6.09 Å². The van der Waals surface area contributed by atoms with Crippen LogP contribution >= 0.6 is 0 Å². The number of hydrogen-bond donors (Lipinski definition) is 0. The lowest BCUT2D eigenvalue weighted by molar-refractivity contribution is 0.0240. The van der Waals surface area contributed by atoms with Gasteiger partial charge in [-0.15, -0.1) is 0 Å². The smallest absolute Gasteiger partial charge is 0.410 e. The topological polar surface area (TPSA) is 64.1 Å². The van der Waals surface area contributed by atoms with Crippen LogP contribution < -0.4 is 9.64 Å². The van der Waals surface area contributed by atoms with Crippen LogP contribution in [-0.4, -0.2) is 68.1 Å². The first-order valence-electron chi connectivity index (χ1n) is 13.8. The summed E-state index contributed by atoms with van der Waals surface area (Å²) in [6.45, 7) is 18.5. The summed E-state index contributed by atoms with van der Waals surface area (Å²) < 4.78 is 16.8. The Morgan fingerprint density at radius 1 is 0.921 bits per heavy atom. The molecule has 0 unspecified atom stereocenters. The highest BCUT2D eigenvalue weighted by molar-refractivity contribution is 5.70. The largest absolute Gasteiger partial charge is 0.487 e. The van der Waals surface area contributed by atoms with Gasteiger partial charge < -0.3 is 24.0 Å². The molecule has 0 spiro atoms. The Balaban J connectivity index is 1.62. The standard InChI is InChI=1S/C31H45N3O4/c1-29(2,3)38-28(35)34-17-15-33(16-18-34)27-26(37-20-19-36-8)12-11-25(32-27)22-9-10-23-24(21-22)31(6,7)14-13-30(23,4)5/h9-12,21H,13-20H2,1-8H3. The van der Waals surface area contributed by atoms with Gasteiger partial charge in [-0.05, 0) is 73.8 Å². The van der Waals surface area contributed by atoms with Crippen LogP contribution in [0, 0.1) is 0 Å². The number of aromatic nitrogens is 1. The van der Waals surface area contributed by atoms with Gasteiger partial charge in [0.15, 0.2) is 11.6 Å². The normalized spacial score (nSPS) is 18.6. The van der Waals surface area contributed by atoms with Crippen molar-refractivity contribution >= 4 is 11.9 Å². The van der Waals surface area contributed by atoms with Crippen LogP contribution in [0.3, 0.4) is 0 Å². The number of nitrogens with zero attached hydrogens (tertiary/aromatic N) is 3. The average molecular weight is 524 g/mol. The van der Waals surface area contributed by atoms with E-state index < -0.39 is 5.60 Å². The van der Waals surface area contributed by atoms with Crippen molar-refractivity contribution in [3.8, 4) is 17.0 Å². The first-order valence-corrected chi connectivity index (χ1v) is 13.8. The number of fused-ring (bicyclic) bond motifs is 1. The maximum Gasteiger partial charge on any atom is 0.410 e. The van der Waals surface area contributed by atoms with E-state index in [1.165, 1.54) is 24.0 Å². The summed E-state index contributed by atoms with van der Waals surface area (Å²) >= 11 is 0. The van der Waals surface area contributed by atoms with Crippen LogP contribution in [0.15, 0.2) is 30.3 Å². The van der Waals surface area contributed by atoms with Crippen molar-refractivity contribution in [2.24, 2.45) is 0 Å². The maximum absolute atomic E-state index is 12.6. The zero-order valence-electron chi connectivity index (χ0n) is 24.5. The maximum atomic E-state index is 12.6. The molecule has 1 aromatic carbocycles. The Morgan fingerprint density at radius 3 is 2.21 bits per heavy atom. The number of anilines is 1. The molecule has 0 N–H and O–H groups in total. The fraction of sp³-hybridized carbons (Fsp3) is 0.613. The Labute approximate surface area is 228 Å². The van der Waals surface area contributed by atoms with Crippen molar-refractivity contribution in [2.45, 2.75) is 77.7 Å². The zero-order valence-corrected chi connectivity index (χ0v) is 24.5. The number of benzene rings is 1. The molecule has 208 valence electrons. The lowest BCUT2D eigenvalue weighted by Crippen LogP contribution is -2.50. The summed E-state index contributed by atoms with van der Waals surface area (Å²) in [5.74, 6) is 1.54. The molecule has 0 radical (unpaired) electrons. The quantitative estimate of drug-likeness (QED) is 0.421. The molecule has 1 amide bonds. The monoisotopic (exact) mass is 523 g/mol. The van der Waals surface area contributed by atoms with Gasteiger partial charge in [0.25, 0.3) is 0 Å². The molecule has 4 rings (SSSR count). The van der Waals surface area contributed by atoms with E-state index in [0.29, 0.717) is 39.4 Å². The van der Waals surface area contributed by atoms with Gasteiger partial charge in [0.05, 0.1) is 12.3 Å². The molecular formula is C31H45N3O4. The molecule has 7 heteroatoms. The van der Waals surface area contributed by atoms with Crippen LogP contribution in [0.1, 0.15) is 72.4 Å². The molecular weight excluding hydrogens is 478 g/mol. The summed E-state index contributed by atoms with van der Waals surface area (Å²) in [6.07, 6.45) is 2.09. The third-order valence-corrected chi connectivity index (χ3v) is 7.76. The predicted octanol–water partition coefficient (Wildman–Crippen LogP) is 6.18. The van der Waals surface area contributed by atoms with Gasteiger partial charge in [-0.3, -0.25) is 0 Å². The van der Waals surface area contributed by atoms with E-state index in [-0.39, 0.29) is 16.9 Å². The van der Waals surface area contributed by atoms with Gasteiger partial charge in [0, 0.05) is 38.9 Å². The Hall–Kier alpha value is -2.80. The molecule has 0 atom stereocenters. The van der Waals surface area contributed by atoms with E-state index in [4.69, 9.17) is 19.2 Å². The van der Waals surface area contributed by atoms with Crippen LogP contribution in [0.4, 0.5) is 10.6 Å². The van der Waals surface area contributed by atoms with Crippen molar-refractivity contribution in [1.82, 2.24) is 9.88 Å². The summed E-state index contributed by atoms with van der Waals surface area (Å²) in [5, 5.41) is 0. The molecule has 1 aliphatic heterocycles. The number of ether oxygens (including phenoxy) is 3. The average Bonchev–Trinajstić information content (AvgIpc) is 2.86. The van der Waals surface area contributed by atoms with E-state index in [9.17, 15) is 4.79 Å². The molecule has 2 aromatic rings. The second-order valence-corrected chi connectivity index (χ2v) is 12.8. The number of rotatable bonds is 6. The highest BCUT2D eigenvalue weighted by atomic mass is 16.6. The molecule has 1 saturated heterocycles. The number of pyridine rings is 1. The van der Waals surface area contributed by atoms with Crippen LogP contribution in [0.5, 0.6) is 5.75 Å². The number of hydrogen-bond acceptors (Lipinski definition) is 6. The zero-order chi connectivity index (χ0) is 27.7. The van der Waals surface area contributed by atoms with E-state index in [0.717, 1.165) is 22.8 Å². The molecule has 2 aliphatic rings. The molecule has 2 heterocycles. The third-order valence-electron chi connectivity index (χ3n) is 7.76. The summed E-state index contributed by atoms with van der Waals surface area (Å²) in [6, 6.07) is 10.9. The lowest BCUT2D eigenvalue weighted by atomic mass is 9.63. The first-order chi connectivity index (χ1) is 17.8. The number of piperazine rings is 1. The second-order valence-electron chi connectivity index (χ2n) is 12.8. The molecule has 1 aliphatic carbocycles. The predicted molar refractivity (Wildman–Crippen MR) is 152 cm³/mol. The summed E-state index contributed by atoms with van der Waals surface area (Å²) in [4.78, 5) is 21.7. The Kier molecular flexibility index (Phi) is 7.99. The van der Waals surface area contributed by atoms with Gasteiger partial charge in [0.1, 0.15) is 12.2 Å². The minimum atomic E-state index is -0.509. The van der Waals surface area contributed by atoms with E-state index in [1.807, 2.05) is 32.9 Å². The van der Waals surface area contributed by atoms with Crippen LogP contribution in [0.25, 0.3) is 11.3 Å². The van der Waals surface area contributed by atoms with Gasteiger partial charge in [-0.1, -0.05) is 39.8 Å². The fourth-order valence-corrected chi connectivity index (χ4v) is 5.35. The molecule has 0 bridgehead atoms. The third kappa shape index (κ3) is 6.25. The van der Waals surface area contributed by atoms with Crippen molar-refractivity contribution in [3.05, 3.63) is 41.5 Å². The van der Waals surface area contributed by atoms with E-state index in [1.54, 1.807) is 12.0 Å². The SMILES string of the molecule is COCCOc1ccc(-c2ccc3c(c2)C(C)(C)CCC3(C)C)nc1N1CCN(C(=O)OC(C)(C)C)CC1. The van der Waals surface area contributed by atoms with E-state index >= 15 is 0 Å². The van der Waals surface area contributed by atoms with Crippen molar-refractivity contribution < 1.29 is 19.0 Å². The summed E-state index contributed by atoms with van der Waals surface area (Å²) in [7, 11) is 1.67. The second kappa shape index (κ2) is 10.8. The van der Waals surface area contributed by atoms with Gasteiger partial charge in [-0.2, -0.15) is 0 Å². The molecule has 1 aromatic heterocycles.